The predicted molar refractivity (Wildman–Crippen MR) is 73.7 cm³/mol. The highest BCUT2D eigenvalue weighted by molar-refractivity contribution is 5.05. The van der Waals surface area contributed by atoms with Crippen molar-refractivity contribution in [3.8, 4) is 0 Å². The van der Waals surface area contributed by atoms with E-state index in [0.29, 0.717) is 0 Å². The maximum Gasteiger partial charge on any atom is 0.0491 e. The van der Waals surface area contributed by atoms with Crippen molar-refractivity contribution in [2.24, 2.45) is 17.3 Å². The molecular weight excluding hydrogens is 224 g/mol. The average molecular weight is 252 g/mol. The maximum atomic E-state index is 5.27. The number of hydrogen-bond acceptors (Lipinski definition) is 3. The third-order valence-electron chi connectivity index (χ3n) is 5.55. The van der Waals surface area contributed by atoms with Crippen molar-refractivity contribution in [1.82, 2.24) is 10.2 Å². The standard InChI is InChI=1S/C15H28N2O/c1-18-12-13-2-8-17(9-3-13)11-14-10-15(14)4-6-16-7-5-15/h13-14,16H,2-12H2,1H3. The molecule has 0 aromatic rings. The Labute approximate surface area is 111 Å². The van der Waals surface area contributed by atoms with Gasteiger partial charge in [-0.1, -0.05) is 0 Å². The van der Waals surface area contributed by atoms with E-state index in [0.717, 1.165) is 23.9 Å². The number of ether oxygens (including phenoxy) is 1. The minimum Gasteiger partial charge on any atom is -0.384 e. The molecule has 1 N–H and O–H groups in total. The molecule has 2 aliphatic heterocycles. The van der Waals surface area contributed by atoms with Gasteiger partial charge in [0.1, 0.15) is 0 Å². The molecule has 0 aromatic heterocycles. The molecule has 1 unspecified atom stereocenters. The second kappa shape index (κ2) is 5.48. The van der Waals surface area contributed by atoms with Crippen LogP contribution in [0.2, 0.25) is 0 Å². The smallest absolute Gasteiger partial charge is 0.0491 e. The first kappa shape index (κ1) is 12.9. The van der Waals surface area contributed by atoms with Crippen LogP contribution < -0.4 is 5.32 Å². The molecule has 2 saturated heterocycles. The van der Waals surface area contributed by atoms with Gasteiger partial charge in [0, 0.05) is 20.3 Å². The van der Waals surface area contributed by atoms with Crippen molar-refractivity contribution in [2.75, 3.05) is 46.4 Å². The molecule has 1 aliphatic carbocycles. The highest BCUT2D eigenvalue weighted by Gasteiger charge is 2.53. The van der Waals surface area contributed by atoms with Gasteiger partial charge in [-0.2, -0.15) is 0 Å². The zero-order valence-corrected chi connectivity index (χ0v) is 11.8. The Bertz CT molecular complexity index is 268. The van der Waals surface area contributed by atoms with Gasteiger partial charge in [-0.3, -0.25) is 0 Å². The lowest BCUT2D eigenvalue weighted by Gasteiger charge is -2.33. The topological polar surface area (TPSA) is 24.5 Å². The quantitative estimate of drug-likeness (QED) is 0.825. The number of nitrogens with one attached hydrogen (secondary N) is 1. The van der Waals surface area contributed by atoms with Gasteiger partial charge in [-0.05, 0) is 75.5 Å². The maximum absolute atomic E-state index is 5.27. The van der Waals surface area contributed by atoms with Crippen molar-refractivity contribution >= 4 is 0 Å². The third kappa shape index (κ3) is 2.73. The summed E-state index contributed by atoms with van der Waals surface area (Å²) in [4.78, 5) is 2.72. The molecule has 3 fully saturated rings. The highest BCUT2D eigenvalue weighted by Crippen LogP contribution is 2.58. The Kier molecular flexibility index (Phi) is 3.92. The lowest BCUT2D eigenvalue weighted by molar-refractivity contribution is 0.0948. The first-order valence-electron chi connectivity index (χ1n) is 7.74. The summed E-state index contributed by atoms with van der Waals surface area (Å²) in [5.74, 6) is 1.83. The van der Waals surface area contributed by atoms with Gasteiger partial charge < -0.3 is 15.0 Å². The minimum absolute atomic E-state index is 0.759. The molecule has 3 nitrogen and oxygen atoms in total. The van der Waals surface area contributed by atoms with E-state index >= 15 is 0 Å². The number of likely N-dealkylation sites (tertiary alicyclic amines) is 1. The first-order valence-corrected chi connectivity index (χ1v) is 7.74. The summed E-state index contributed by atoms with van der Waals surface area (Å²) in [5, 5.41) is 3.50. The summed E-state index contributed by atoms with van der Waals surface area (Å²) in [6, 6.07) is 0. The first-order chi connectivity index (χ1) is 8.82. The molecular formula is C15H28N2O. The van der Waals surface area contributed by atoms with Crippen LogP contribution in [0.15, 0.2) is 0 Å². The van der Waals surface area contributed by atoms with Crippen molar-refractivity contribution < 1.29 is 4.74 Å². The summed E-state index contributed by atoms with van der Waals surface area (Å²) in [6.45, 7) is 7.46. The van der Waals surface area contributed by atoms with Crippen LogP contribution in [-0.2, 0) is 4.74 Å². The summed E-state index contributed by atoms with van der Waals surface area (Å²) >= 11 is 0. The van der Waals surface area contributed by atoms with Crippen LogP contribution in [0.25, 0.3) is 0 Å². The van der Waals surface area contributed by atoms with Gasteiger partial charge in [0.15, 0.2) is 0 Å². The second-order valence-electron chi connectivity index (χ2n) is 6.71. The van der Waals surface area contributed by atoms with Gasteiger partial charge in [0.25, 0.3) is 0 Å². The van der Waals surface area contributed by atoms with Gasteiger partial charge >= 0.3 is 0 Å². The molecule has 104 valence electrons. The van der Waals surface area contributed by atoms with E-state index in [-0.39, 0.29) is 0 Å². The third-order valence-corrected chi connectivity index (χ3v) is 5.55. The Morgan fingerprint density at radius 1 is 1.22 bits per heavy atom. The SMILES string of the molecule is COCC1CCN(CC2CC23CCNCC3)CC1. The Balaban J connectivity index is 1.40. The van der Waals surface area contributed by atoms with Crippen LogP contribution in [0.3, 0.4) is 0 Å². The van der Waals surface area contributed by atoms with E-state index < -0.39 is 0 Å². The largest absolute Gasteiger partial charge is 0.384 e. The van der Waals surface area contributed by atoms with Crippen molar-refractivity contribution in [3.63, 3.8) is 0 Å². The number of methoxy groups -OCH3 is 1. The van der Waals surface area contributed by atoms with Crippen LogP contribution in [0, 0.1) is 17.3 Å². The monoisotopic (exact) mass is 252 g/mol. The fraction of sp³-hybridized carbons (Fsp3) is 1.00. The van der Waals surface area contributed by atoms with Crippen LogP contribution in [-0.4, -0.2) is 51.3 Å². The second-order valence-corrected chi connectivity index (χ2v) is 6.71. The van der Waals surface area contributed by atoms with Gasteiger partial charge in [0.05, 0.1) is 0 Å². The Morgan fingerprint density at radius 2 is 1.94 bits per heavy atom. The van der Waals surface area contributed by atoms with Crippen molar-refractivity contribution in [1.29, 1.82) is 0 Å². The minimum atomic E-state index is 0.759. The molecule has 1 spiro atoms. The molecule has 2 heterocycles. The van der Waals surface area contributed by atoms with E-state index in [4.69, 9.17) is 4.74 Å². The van der Waals surface area contributed by atoms with Gasteiger partial charge in [0.2, 0.25) is 0 Å². The molecule has 18 heavy (non-hydrogen) atoms. The number of piperidine rings is 2. The lowest BCUT2D eigenvalue weighted by Crippen LogP contribution is -2.38. The molecule has 1 saturated carbocycles. The van der Waals surface area contributed by atoms with Crippen LogP contribution >= 0.6 is 0 Å². The Hall–Kier alpha value is -0.120. The van der Waals surface area contributed by atoms with Crippen LogP contribution in [0.5, 0.6) is 0 Å². The van der Waals surface area contributed by atoms with E-state index in [1.54, 1.807) is 0 Å². The summed E-state index contributed by atoms with van der Waals surface area (Å²) in [6.07, 6.45) is 7.05. The molecule has 3 aliphatic rings. The summed E-state index contributed by atoms with van der Waals surface area (Å²) < 4.78 is 5.27. The van der Waals surface area contributed by atoms with Crippen molar-refractivity contribution in [2.45, 2.75) is 32.1 Å². The van der Waals surface area contributed by atoms with E-state index in [1.165, 1.54) is 64.8 Å². The lowest BCUT2D eigenvalue weighted by atomic mass is 9.91. The summed E-state index contributed by atoms with van der Waals surface area (Å²) in [5.41, 5.74) is 0.759. The predicted octanol–water partition coefficient (Wildman–Crippen LogP) is 1.73. The zero-order chi connectivity index (χ0) is 12.4. The number of nitrogens with zero attached hydrogens (tertiary/aromatic N) is 1. The average Bonchev–Trinajstić information content (AvgIpc) is 3.05. The van der Waals surface area contributed by atoms with E-state index in [9.17, 15) is 0 Å². The molecule has 1 atom stereocenters. The van der Waals surface area contributed by atoms with Crippen molar-refractivity contribution in [3.05, 3.63) is 0 Å². The van der Waals surface area contributed by atoms with Gasteiger partial charge in [-0.25, -0.2) is 0 Å². The number of hydrogen-bond donors (Lipinski definition) is 1. The molecule has 0 bridgehead atoms. The van der Waals surface area contributed by atoms with E-state index in [2.05, 4.69) is 10.2 Å². The zero-order valence-electron chi connectivity index (χ0n) is 11.8. The molecule has 0 amide bonds. The molecule has 0 aromatic carbocycles. The molecule has 0 radical (unpaired) electrons. The van der Waals surface area contributed by atoms with Crippen LogP contribution in [0.1, 0.15) is 32.1 Å². The Morgan fingerprint density at radius 3 is 2.61 bits per heavy atom. The molecule has 3 rings (SSSR count). The van der Waals surface area contributed by atoms with Crippen LogP contribution in [0.4, 0.5) is 0 Å². The number of rotatable bonds is 4. The normalized spacial score (nSPS) is 32.8. The molecule has 3 heteroatoms. The summed E-state index contributed by atoms with van der Waals surface area (Å²) in [7, 11) is 1.83. The highest BCUT2D eigenvalue weighted by atomic mass is 16.5. The fourth-order valence-electron chi connectivity index (χ4n) is 4.11. The van der Waals surface area contributed by atoms with E-state index in [1.807, 2.05) is 7.11 Å². The van der Waals surface area contributed by atoms with Gasteiger partial charge in [-0.15, -0.1) is 0 Å². The fourth-order valence-corrected chi connectivity index (χ4v) is 4.11.